The lowest BCUT2D eigenvalue weighted by molar-refractivity contribution is 0.0914. The van der Waals surface area contributed by atoms with Crippen LogP contribution in [0.5, 0.6) is 0 Å². The van der Waals surface area contributed by atoms with E-state index in [0.29, 0.717) is 26.2 Å². The SMILES string of the molecule is CCNC(=NCc1cccc(N2CC=CC2)c1)N1CCN(C(=O)OCC)CC1. The van der Waals surface area contributed by atoms with E-state index in [1.807, 2.05) is 6.92 Å². The fraction of sp³-hybridized carbons (Fsp3) is 0.524. The first-order chi connectivity index (χ1) is 13.7. The van der Waals surface area contributed by atoms with Crippen LogP contribution in [0.3, 0.4) is 0 Å². The maximum Gasteiger partial charge on any atom is 0.409 e. The molecule has 3 rings (SSSR count). The number of hydrogen-bond donors (Lipinski definition) is 1. The van der Waals surface area contributed by atoms with Crippen LogP contribution in [0, 0.1) is 0 Å². The molecule has 7 nitrogen and oxygen atoms in total. The molecule has 1 amide bonds. The third-order valence-corrected chi connectivity index (χ3v) is 4.95. The Morgan fingerprint density at radius 3 is 2.50 bits per heavy atom. The van der Waals surface area contributed by atoms with Crippen molar-refractivity contribution in [2.24, 2.45) is 4.99 Å². The molecule has 1 aromatic rings. The van der Waals surface area contributed by atoms with Gasteiger partial charge in [-0.2, -0.15) is 0 Å². The zero-order chi connectivity index (χ0) is 19.8. The highest BCUT2D eigenvalue weighted by atomic mass is 16.6. The zero-order valence-corrected chi connectivity index (χ0v) is 16.9. The Kier molecular flexibility index (Phi) is 7.17. The van der Waals surface area contributed by atoms with Gasteiger partial charge in [-0.05, 0) is 31.5 Å². The largest absolute Gasteiger partial charge is 0.450 e. The molecule has 1 aromatic carbocycles. The molecule has 2 aliphatic heterocycles. The van der Waals surface area contributed by atoms with Crippen LogP contribution in [-0.4, -0.2) is 74.3 Å². The summed E-state index contributed by atoms with van der Waals surface area (Å²) in [6.07, 6.45) is 4.17. The molecule has 2 heterocycles. The molecule has 0 aliphatic carbocycles. The van der Waals surface area contributed by atoms with Crippen LogP contribution in [0.2, 0.25) is 0 Å². The van der Waals surface area contributed by atoms with Crippen LogP contribution >= 0.6 is 0 Å². The van der Waals surface area contributed by atoms with Crippen LogP contribution in [0.25, 0.3) is 0 Å². The predicted octanol–water partition coefficient (Wildman–Crippen LogP) is 2.30. The Bertz CT molecular complexity index is 703. The first-order valence-electron chi connectivity index (χ1n) is 10.1. The summed E-state index contributed by atoms with van der Waals surface area (Å²) in [6, 6.07) is 8.60. The lowest BCUT2D eigenvalue weighted by Gasteiger charge is -2.35. The molecule has 0 atom stereocenters. The number of nitrogens with zero attached hydrogens (tertiary/aromatic N) is 4. The topological polar surface area (TPSA) is 60.4 Å². The van der Waals surface area contributed by atoms with Crippen LogP contribution in [0.4, 0.5) is 10.5 Å². The van der Waals surface area contributed by atoms with Crippen molar-refractivity contribution in [3.8, 4) is 0 Å². The second-order valence-electron chi connectivity index (χ2n) is 6.89. The van der Waals surface area contributed by atoms with Gasteiger partial charge in [0.2, 0.25) is 0 Å². The Hall–Kier alpha value is -2.70. The van der Waals surface area contributed by atoms with Gasteiger partial charge in [0.25, 0.3) is 0 Å². The van der Waals surface area contributed by atoms with E-state index in [-0.39, 0.29) is 6.09 Å². The summed E-state index contributed by atoms with van der Waals surface area (Å²) in [5.74, 6) is 0.902. The average Bonchev–Trinajstić information content (AvgIpc) is 3.27. The highest BCUT2D eigenvalue weighted by Crippen LogP contribution is 2.19. The van der Waals surface area contributed by atoms with Crippen LogP contribution < -0.4 is 10.2 Å². The van der Waals surface area contributed by atoms with Gasteiger partial charge >= 0.3 is 6.09 Å². The number of piperazine rings is 1. The lowest BCUT2D eigenvalue weighted by atomic mass is 10.2. The zero-order valence-electron chi connectivity index (χ0n) is 16.9. The first kappa shape index (κ1) is 20.0. The molecule has 1 N–H and O–H groups in total. The molecule has 2 aliphatic rings. The summed E-state index contributed by atoms with van der Waals surface area (Å²) >= 11 is 0. The number of hydrogen-bond acceptors (Lipinski definition) is 4. The Morgan fingerprint density at radius 1 is 1.11 bits per heavy atom. The highest BCUT2D eigenvalue weighted by Gasteiger charge is 2.23. The Morgan fingerprint density at radius 2 is 1.82 bits per heavy atom. The van der Waals surface area contributed by atoms with E-state index in [9.17, 15) is 4.79 Å². The quantitative estimate of drug-likeness (QED) is 0.479. The molecule has 0 saturated carbocycles. The number of carbonyl (C=O) groups is 1. The number of benzene rings is 1. The summed E-state index contributed by atoms with van der Waals surface area (Å²) in [5, 5.41) is 3.38. The number of guanidine groups is 1. The minimum atomic E-state index is -0.225. The van der Waals surface area contributed by atoms with Gasteiger partial charge in [-0.3, -0.25) is 0 Å². The third-order valence-electron chi connectivity index (χ3n) is 4.95. The number of aliphatic imine (C=N–C) groups is 1. The van der Waals surface area contributed by atoms with E-state index in [1.54, 1.807) is 4.90 Å². The molecule has 28 heavy (non-hydrogen) atoms. The molecule has 0 spiro atoms. The Balaban J connectivity index is 1.60. The molecule has 7 heteroatoms. The van der Waals surface area contributed by atoms with Crippen LogP contribution in [0.15, 0.2) is 41.4 Å². The monoisotopic (exact) mass is 385 g/mol. The van der Waals surface area contributed by atoms with Gasteiger partial charge in [-0.1, -0.05) is 24.3 Å². The van der Waals surface area contributed by atoms with Crippen molar-refractivity contribution < 1.29 is 9.53 Å². The van der Waals surface area contributed by atoms with Gasteiger partial charge in [0.1, 0.15) is 0 Å². The number of nitrogens with one attached hydrogen (secondary N) is 1. The third kappa shape index (κ3) is 5.18. The summed E-state index contributed by atoms with van der Waals surface area (Å²) in [7, 11) is 0. The van der Waals surface area contributed by atoms with E-state index in [0.717, 1.165) is 38.7 Å². The normalized spacial score (nSPS) is 17.2. The molecular weight excluding hydrogens is 354 g/mol. The maximum absolute atomic E-state index is 11.9. The van der Waals surface area contributed by atoms with Gasteiger partial charge in [-0.25, -0.2) is 9.79 Å². The van der Waals surface area contributed by atoms with Crippen molar-refractivity contribution >= 4 is 17.7 Å². The number of ether oxygens (including phenoxy) is 1. The smallest absolute Gasteiger partial charge is 0.409 e. The van der Waals surface area contributed by atoms with Crippen molar-refractivity contribution in [3.05, 3.63) is 42.0 Å². The maximum atomic E-state index is 11.9. The van der Waals surface area contributed by atoms with Gasteiger partial charge in [-0.15, -0.1) is 0 Å². The summed E-state index contributed by atoms with van der Waals surface area (Å²) in [5.41, 5.74) is 2.44. The predicted molar refractivity (Wildman–Crippen MR) is 113 cm³/mol. The molecule has 1 saturated heterocycles. The molecule has 0 bridgehead atoms. The van der Waals surface area contributed by atoms with E-state index in [4.69, 9.17) is 9.73 Å². The van der Waals surface area contributed by atoms with Crippen LogP contribution in [-0.2, 0) is 11.3 Å². The van der Waals surface area contributed by atoms with Crippen molar-refractivity contribution in [2.75, 3.05) is 57.3 Å². The van der Waals surface area contributed by atoms with Crippen molar-refractivity contribution in [3.63, 3.8) is 0 Å². The first-order valence-corrected chi connectivity index (χ1v) is 10.1. The Labute approximate surface area is 167 Å². The standard InChI is InChI=1S/C21H31N5O2/c1-3-22-20(25-12-14-26(15-13-25)21(27)28-4-2)23-17-18-8-7-9-19(16-18)24-10-5-6-11-24/h5-9,16H,3-4,10-15,17H2,1-2H3,(H,22,23). The molecule has 152 valence electrons. The van der Waals surface area contributed by atoms with Crippen LogP contribution in [0.1, 0.15) is 19.4 Å². The minimum Gasteiger partial charge on any atom is -0.450 e. The molecule has 0 unspecified atom stereocenters. The minimum absolute atomic E-state index is 0.225. The molecule has 0 radical (unpaired) electrons. The number of rotatable bonds is 5. The fourth-order valence-electron chi connectivity index (χ4n) is 3.45. The van der Waals surface area contributed by atoms with Gasteiger partial charge < -0.3 is 24.8 Å². The van der Waals surface area contributed by atoms with Crippen molar-refractivity contribution in [1.29, 1.82) is 0 Å². The van der Waals surface area contributed by atoms with E-state index >= 15 is 0 Å². The van der Waals surface area contributed by atoms with Gasteiger partial charge in [0, 0.05) is 51.5 Å². The van der Waals surface area contributed by atoms with Crippen molar-refractivity contribution in [2.45, 2.75) is 20.4 Å². The van der Waals surface area contributed by atoms with Gasteiger partial charge in [0.15, 0.2) is 5.96 Å². The second kappa shape index (κ2) is 10.0. The number of carbonyl (C=O) groups excluding carboxylic acids is 1. The summed E-state index contributed by atoms with van der Waals surface area (Å²) < 4.78 is 5.10. The second-order valence-corrected chi connectivity index (χ2v) is 6.89. The average molecular weight is 386 g/mol. The van der Waals surface area contributed by atoms with E-state index in [1.165, 1.54) is 11.3 Å². The lowest BCUT2D eigenvalue weighted by Crippen LogP contribution is -2.53. The summed E-state index contributed by atoms with van der Waals surface area (Å²) in [6.45, 7) is 10.5. The van der Waals surface area contributed by atoms with E-state index in [2.05, 4.69) is 58.5 Å². The molecule has 0 aromatic heterocycles. The number of amides is 1. The van der Waals surface area contributed by atoms with Gasteiger partial charge in [0.05, 0.1) is 13.2 Å². The van der Waals surface area contributed by atoms with Crippen molar-refractivity contribution in [1.82, 2.24) is 15.1 Å². The van der Waals surface area contributed by atoms with E-state index < -0.39 is 0 Å². The molecular formula is C21H31N5O2. The fourth-order valence-corrected chi connectivity index (χ4v) is 3.45. The number of anilines is 1. The highest BCUT2D eigenvalue weighted by molar-refractivity contribution is 5.80. The molecule has 1 fully saturated rings. The summed E-state index contributed by atoms with van der Waals surface area (Å²) in [4.78, 5) is 23.0.